The molecular formula is C13H17NO4S2. The molecule has 1 fully saturated rings. The van der Waals surface area contributed by atoms with E-state index in [-0.39, 0.29) is 17.4 Å². The molecule has 2 rings (SSSR count). The van der Waals surface area contributed by atoms with Crippen molar-refractivity contribution in [3.8, 4) is 0 Å². The molecular weight excluding hydrogens is 298 g/mol. The molecule has 0 spiro atoms. The monoisotopic (exact) mass is 315 g/mol. The van der Waals surface area contributed by atoms with Crippen molar-refractivity contribution in [1.82, 2.24) is 0 Å². The zero-order chi connectivity index (χ0) is 14.8. The Hall–Kier alpha value is -1.21. The lowest BCUT2D eigenvalue weighted by atomic mass is 10.1. The predicted octanol–water partition coefficient (Wildman–Crippen LogP) is 1.49. The van der Waals surface area contributed by atoms with E-state index in [1.165, 1.54) is 6.26 Å². The van der Waals surface area contributed by atoms with Crippen LogP contribution >= 0.6 is 11.8 Å². The number of thioether (sulfide) groups is 1. The third kappa shape index (κ3) is 3.67. The summed E-state index contributed by atoms with van der Waals surface area (Å²) in [5.74, 6) is 0.916. The van der Waals surface area contributed by atoms with Crippen LogP contribution in [0.5, 0.6) is 0 Å². The molecule has 110 valence electrons. The van der Waals surface area contributed by atoms with Gasteiger partial charge in [0.2, 0.25) is 0 Å². The molecule has 1 aliphatic rings. The van der Waals surface area contributed by atoms with Gasteiger partial charge in [0.05, 0.1) is 11.3 Å². The van der Waals surface area contributed by atoms with Crippen molar-refractivity contribution < 1.29 is 18.3 Å². The molecule has 0 saturated carbocycles. The van der Waals surface area contributed by atoms with E-state index >= 15 is 0 Å². The van der Waals surface area contributed by atoms with Crippen LogP contribution in [-0.2, 0) is 14.6 Å². The van der Waals surface area contributed by atoms with Crippen molar-refractivity contribution in [3.63, 3.8) is 0 Å². The van der Waals surface area contributed by atoms with Crippen LogP contribution in [-0.4, -0.2) is 49.8 Å². The molecule has 5 nitrogen and oxygen atoms in total. The maximum absolute atomic E-state index is 11.4. The van der Waals surface area contributed by atoms with E-state index in [2.05, 4.69) is 4.90 Å². The van der Waals surface area contributed by atoms with Crippen molar-refractivity contribution >= 4 is 33.3 Å². The van der Waals surface area contributed by atoms with Gasteiger partial charge in [0.25, 0.3) is 0 Å². The Morgan fingerprint density at radius 1 is 1.40 bits per heavy atom. The average Bonchev–Trinajstić information content (AvgIpc) is 2.38. The van der Waals surface area contributed by atoms with E-state index in [4.69, 9.17) is 5.11 Å². The third-order valence-corrected chi connectivity index (χ3v) is 5.45. The Morgan fingerprint density at radius 3 is 2.60 bits per heavy atom. The summed E-state index contributed by atoms with van der Waals surface area (Å²) in [4.78, 5) is 13.2. The average molecular weight is 315 g/mol. The second-order valence-electron chi connectivity index (χ2n) is 4.79. The largest absolute Gasteiger partial charge is 0.481 e. The Kier molecular flexibility index (Phi) is 4.59. The Morgan fingerprint density at radius 2 is 2.05 bits per heavy atom. The first-order valence-electron chi connectivity index (χ1n) is 6.24. The number of sulfone groups is 1. The molecule has 1 heterocycles. The highest BCUT2D eigenvalue weighted by Gasteiger charge is 2.25. The van der Waals surface area contributed by atoms with Crippen molar-refractivity contribution in [2.75, 3.05) is 29.2 Å². The van der Waals surface area contributed by atoms with Crippen LogP contribution in [0, 0.1) is 0 Å². The standard InChI is InChI=1S/C13H17NO4S2/c1-20(17,18)12-4-2-10(3-5-12)14-6-7-19-9-11(14)8-13(15)16/h2-5,11H,6-9H2,1H3,(H,15,16). The normalized spacial score (nSPS) is 19.9. The minimum Gasteiger partial charge on any atom is -0.481 e. The number of rotatable bonds is 4. The van der Waals surface area contributed by atoms with Crippen LogP contribution in [0.2, 0.25) is 0 Å². The predicted molar refractivity (Wildman–Crippen MR) is 80.3 cm³/mol. The van der Waals surface area contributed by atoms with Gasteiger partial charge in [-0.2, -0.15) is 11.8 Å². The van der Waals surface area contributed by atoms with Crippen LogP contribution in [0.3, 0.4) is 0 Å². The van der Waals surface area contributed by atoms with Gasteiger partial charge in [-0.05, 0) is 24.3 Å². The van der Waals surface area contributed by atoms with Crippen LogP contribution < -0.4 is 4.90 Å². The zero-order valence-corrected chi connectivity index (χ0v) is 12.8. The van der Waals surface area contributed by atoms with Crippen molar-refractivity contribution in [3.05, 3.63) is 24.3 Å². The molecule has 1 aliphatic heterocycles. The summed E-state index contributed by atoms with van der Waals surface area (Å²) < 4.78 is 22.9. The fraction of sp³-hybridized carbons (Fsp3) is 0.462. The molecule has 0 amide bonds. The molecule has 0 aliphatic carbocycles. The summed E-state index contributed by atoms with van der Waals surface area (Å²) in [6, 6.07) is 6.60. The van der Waals surface area contributed by atoms with Gasteiger partial charge in [-0.15, -0.1) is 0 Å². The topological polar surface area (TPSA) is 74.7 Å². The third-order valence-electron chi connectivity index (χ3n) is 3.23. The first-order chi connectivity index (χ1) is 9.38. The van der Waals surface area contributed by atoms with E-state index in [1.807, 2.05) is 0 Å². The van der Waals surface area contributed by atoms with Gasteiger partial charge in [0, 0.05) is 36.0 Å². The lowest BCUT2D eigenvalue weighted by molar-refractivity contribution is -0.137. The lowest BCUT2D eigenvalue weighted by Gasteiger charge is -2.36. The SMILES string of the molecule is CS(=O)(=O)c1ccc(N2CCSCC2CC(=O)O)cc1. The number of aliphatic carboxylic acids is 1. The second kappa shape index (κ2) is 6.05. The summed E-state index contributed by atoms with van der Waals surface area (Å²) >= 11 is 1.75. The van der Waals surface area contributed by atoms with Gasteiger partial charge in [-0.3, -0.25) is 4.79 Å². The fourth-order valence-corrected chi connectivity index (χ4v) is 3.94. The van der Waals surface area contributed by atoms with Crippen LogP contribution in [0.4, 0.5) is 5.69 Å². The minimum absolute atomic E-state index is 0.0460. The molecule has 0 radical (unpaired) electrons. The van der Waals surface area contributed by atoms with Gasteiger partial charge in [0.15, 0.2) is 9.84 Å². The van der Waals surface area contributed by atoms with Gasteiger partial charge in [-0.1, -0.05) is 0 Å². The first kappa shape index (κ1) is 15.2. The van der Waals surface area contributed by atoms with Crippen molar-refractivity contribution in [1.29, 1.82) is 0 Å². The number of benzene rings is 1. The number of nitrogens with zero attached hydrogens (tertiary/aromatic N) is 1. The second-order valence-corrected chi connectivity index (χ2v) is 7.95. The highest BCUT2D eigenvalue weighted by Crippen LogP contribution is 2.26. The van der Waals surface area contributed by atoms with Crippen LogP contribution in [0.25, 0.3) is 0 Å². The highest BCUT2D eigenvalue weighted by atomic mass is 32.2. The molecule has 1 aromatic carbocycles. The van der Waals surface area contributed by atoms with E-state index in [1.54, 1.807) is 36.0 Å². The molecule has 1 aromatic rings. The number of hydrogen-bond donors (Lipinski definition) is 1. The molecule has 1 N–H and O–H groups in total. The molecule has 0 bridgehead atoms. The van der Waals surface area contributed by atoms with Gasteiger partial charge < -0.3 is 10.0 Å². The van der Waals surface area contributed by atoms with E-state index in [0.717, 1.165) is 23.7 Å². The van der Waals surface area contributed by atoms with E-state index < -0.39 is 15.8 Å². The maximum Gasteiger partial charge on any atom is 0.305 e. The zero-order valence-electron chi connectivity index (χ0n) is 11.2. The smallest absolute Gasteiger partial charge is 0.305 e. The van der Waals surface area contributed by atoms with Crippen molar-refractivity contribution in [2.24, 2.45) is 0 Å². The summed E-state index contributed by atoms with van der Waals surface area (Å²) in [6.07, 6.45) is 1.27. The quantitative estimate of drug-likeness (QED) is 0.907. The first-order valence-corrected chi connectivity index (χ1v) is 9.29. The van der Waals surface area contributed by atoms with Crippen molar-refractivity contribution in [2.45, 2.75) is 17.4 Å². The summed E-state index contributed by atoms with van der Waals surface area (Å²) in [6.45, 7) is 0.779. The number of anilines is 1. The summed E-state index contributed by atoms with van der Waals surface area (Å²) in [7, 11) is -3.20. The van der Waals surface area contributed by atoms with Crippen LogP contribution in [0.15, 0.2) is 29.2 Å². The Balaban J connectivity index is 2.22. The van der Waals surface area contributed by atoms with Gasteiger partial charge in [0.1, 0.15) is 0 Å². The molecule has 1 saturated heterocycles. The lowest BCUT2D eigenvalue weighted by Crippen LogP contribution is -2.43. The summed E-state index contributed by atoms with van der Waals surface area (Å²) in [5, 5.41) is 8.97. The van der Waals surface area contributed by atoms with E-state index in [0.29, 0.717) is 0 Å². The molecule has 7 heteroatoms. The number of carboxylic acids is 1. The molecule has 20 heavy (non-hydrogen) atoms. The Labute approximate surface area is 122 Å². The highest BCUT2D eigenvalue weighted by molar-refractivity contribution is 7.99. The number of carbonyl (C=O) groups is 1. The Bertz CT molecular complexity index is 583. The fourth-order valence-electron chi connectivity index (χ4n) is 2.25. The minimum atomic E-state index is -3.20. The summed E-state index contributed by atoms with van der Waals surface area (Å²) in [5.41, 5.74) is 0.879. The van der Waals surface area contributed by atoms with Crippen LogP contribution in [0.1, 0.15) is 6.42 Å². The molecule has 0 aromatic heterocycles. The number of carboxylic acid groups (broad SMARTS) is 1. The molecule has 1 unspecified atom stereocenters. The van der Waals surface area contributed by atoms with Gasteiger partial charge in [-0.25, -0.2) is 8.42 Å². The molecule has 1 atom stereocenters. The maximum atomic E-state index is 11.4. The van der Waals surface area contributed by atoms with E-state index in [9.17, 15) is 13.2 Å². The number of hydrogen-bond acceptors (Lipinski definition) is 5. The van der Waals surface area contributed by atoms with Gasteiger partial charge >= 0.3 is 5.97 Å².